The summed E-state index contributed by atoms with van der Waals surface area (Å²) in [6, 6.07) is 0.712. The quantitative estimate of drug-likeness (QED) is 0.774. The lowest BCUT2D eigenvalue weighted by Crippen LogP contribution is -2.48. The molecule has 4 heteroatoms. The maximum Gasteiger partial charge on any atom is 0.0599 e. The number of nitrogens with two attached hydrogens (primary N) is 1. The zero-order valence-electron chi connectivity index (χ0n) is 12.5. The Morgan fingerprint density at radius 3 is 2.37 bits per heavy atom. The van der Waals surface area contributed by atoms with E-state index in [9.17, 15) is 0 Å². The number of likely N-dealkylation sites (tertiary alicyclic amines) is 1. The lowest BCUT2D eigenvalue weighted by atomic mass is 9.95. The van der Waals surface area contributed by atoms with Crippen molar-refractivity contribution >= 4 is 0 Å². The summed E-state index contributed by atoms with van der Waals surface area (Å²) in [5.74, 6) is 0. The van der Waals surface area contributed by atoms with E-state index in [1.807, 2.05) is 0 Å². The molecule has 0 saturated carbocycles. The second-order valence-corrected chi connectivity index (χ2v) is 6.13. The van der Waals surface area contributed by atoms with Crippen molar-refractivity contribution in [1.29, 1.82) is 0 Å². The smallest absolute Gasteiger partial charge is 0.0599 e. The molecule has 0 aromatic rings. The molecular formula is C15H30N2O2. The van der Waals surface area contributed by atoms with Gasteiger partial charge in [-0.2, -0.15) is 0 Å². The molecule has 2 rings (SSSR count). The highest BCUT2D eigenvalue weighted by atomic mass is 16.5. The Morgan fingerprint density at radius 2 is 1.79 bits per heavy atom. The molecule has 2 atom stereocenters. The minimum atomic E-state index is 0.410. The summed E-state index contributed by atoms with van der Waals surface area (Å²) in [4.78, 5) is 2.65. The van der Waals surface area contributed by atoms with Crippen molar-refractivity contribution in [3.8, 4) is 0 Å². The first-order chi connectivity index (χ1) is 9.19. The molecular weight excluding hydrogens is 240 g/mol. The fourth-order valence-electron chi connectivity index (χ4n) is 3.41. The van der Waals surface area contributed by atoms with E-state index in [2.05, 4.69) is 18.7 Å². The number of rotatable bonds is 5. The minimum absolute atomic E-state index is 0.410. The SMILES string of the molecule is CC1CC(N2CCC(OCCCN)CC2)CC(C)O1. The molecule has 2 saturated heterocycles. The summed E-state index contributed by atoms with van der Waals surface area (Å²) in [7, 11) is 0. The fourth-order valence-corrected chi connectivity index (χ4v) is 3.41. The highest BCUT2D eigenvalue weighted by Gasteiger charge is 2.31. The third-order valence-electron chi connectivity index (χ3n) is 4.37. The van der Waals surface area contributed by atoms with Crippen LogP contribution in [-0.2, 0) is 9.47 Å². The third kappa shape index (κ3) is 4.71. The Balaban J connectivity index is 1.70. The fraction of sp³-hybridized carbons (Fsp3) is 1.00. The summed E-state index contributed by atoms with van der Waals surface area (Å²) >= 11 is 0. The van der Waals surface area contributed by atoms with Gasteiger partial charge in [0.15, 0.2) is 0 Å². The van der Waals surface area contributed by atoms with Crippen molar-refractivity contribution in [2.75, 3.05) is 26.2 Å². The van der Waals surface area contributed by atoms with Crippen LogP contribution in [0.25, 0.3) is 0 Å². The first-order valence-electron chi connectivity index (χ1n) is 7.90. The minimum Gasteiger partial charge on any atom is -0.378 e. The van der Waals surface area contributed by atoms with Gasteiger partial charge in [-0.15, -0.1) is 0 Å². The largest absolute Gasteiger partial charge is 0.378 e. The van der Waals surface area contributed by atoms with Gasteiger partial charge in [-0.05, 0) is 52.5 Å². The molecule has 4 nitrogen and oxygen atoms in total. The normalized spacial score (nSPS) is 34.6. The van der Waals surface area contributed by atoms with Gasteiger partial charge in [0.1, 0.15) is 0 Å². The van der Waals surface area contributed by atoms with Gasteiger partial charge in [-0.3, -0.25) is 4.90 Å². The topological polar surface area (TPSA) is 47.7 Å². The number of nitrogens with zero attached hydrogens (tertiary/aromatic N) is 1. The van der Waals surface area contributed by atoms with Crippen LogP contribution in [0.2, 0.25) is 0 Å². The summed E-state index contributed by atoms with van der Waals surface area (Å²) in [6.45, 7) is 8.31. The van der Waals surface area contributed by atoms with E-state index in [4.69, 9.17) is 15.2 Å². The van der Waals surface area contributed by atoms with E-state index in [0.717, 1.165) is 19.6 Å². The first kappa shape index (κ1) is 15.2. The van der Waals surface area contributed by atoms with Crippen LogP contribution in [0, 0.1) is 0 Å². The van der Waals surface area contributed by atoms with Gasteiger partial charge in [0, 0.05) is 25.7 Å². The summed E-state index contributed by atoms with van der Waals surface area (Å²) in [5, 5.41) is 0. The molecule has 2 fully saturated rings. The van der Waals surface area contributed by atoms with Crippen molar-refractivity contribution in [3.63, 3.8) is 0 Å². The van der Waals surface area contributed by atoms with Crippen LogP contribution in [0.4, 0.5) is 0 Å². The monoisotopic (exact) mass is 270 g/mol. The van der Waals surface area contributed by atoms with Crippen LogP contribution in [-0.4, -0.2) is 55.5 Å². The molecule has 112 valence electrons. The molecule has 0 amide bonds. The number of hydrogen-bond donors (Lipinski definition) is 1. The van der Waals surface area contributed by atoms with E-state index in [-0.39, 0.29) is 0 Å². The standard InChI is InChI=1S/C15H30N2O2/c1-12-10-14(11-13(2)19-12)17-7-4-15(5-8-17)18-9-3-6-16/h12-15H,3-11,16H2,1-2H3. The first-order valence-corrected chi connectivity index (χ1v) is 7.90. The predicted molar refractivity (Wildman–Crippen MR) is 77.2 cm³/mol. The number of ether oxygens (including phenoxy) is 2. The van der Waals surface area contributed by atoms with Gasteiger partial charge in [0.25, 0.3) is 0 Å². The van der Waals surface area contributed by atoms with Gasteiger partial charge in [0.05, 0.1) is 18.3 Å². The summed E-state index contributed by atoms with van der Waals surface area (Å²) in [5.41, 5.74) is 5.49. The van der Waals surface area contributed by atoms with Crippen molar-refractivity contribution in [2.24, 2.45) is 5.73 Å². The van der Waals surface area contributed by atoms with E-state index < -0.39 is 0 Å². The lowest BCUT2D eigenvalue weighted by Gasteiger charge is -2.42. The van der Waals surface area contributed by atoms with Gasteiger partial charge in [-0.1, -0.05) is 0 Å². The second kappa shape index (κ2) is 7.58. The van der Waals surface area contributed by atoms with Gasteiger partial charge in [0.2, 0.25) is 0 Å². The second-order valence-electron chi connectivity index (χ2n) is 6.13. The Bertz CT molecular complexity index is 245. The van der Waals surface area contributed by atoms with Crippen molar-refractivity contribution < 1.29 is 9.47 Å². The molecule has 0 aromatic carbocycles. The van der Waals surface area contributed by atoms with Crippen LogP contribution in [0.1, 0.15) is 46.0 Å². The van der Waals surface area contributed by atoms with E-state index in [1.165, 1.54) is 38.8 Å². The van der Waals surface area contributed by atoms with Crippen LogP contribution >= 0.6 is 0 Å². The molecule has 0 aliphatic carbocycles. The zero-order valence-corrected chi connectivity index (χ0v) is 12.5. The van der Waals surface area contributed by atoms with Gasteiger partial charge in [-0.25, -0.2) is 0 Å². The zero-order chi connectivity index (χ0) is 13.7. The summed E-state index contributed by atoms with van der Waals surface area (Å²) in [6.07, 6.45) is 6.97. The van der Waals surface area contributed by atoms with Crippen LogP contribution in [0.3, 0.4) is 0 Å². The Hall–Kier alpha value is -0.160. The number of hydrogen-bond acceptors (Lipinski definition) is 4. The summed E-state index contributed by atoms with van der Waals surface area (Å²) < 4.78 is 11.7. The average Bonchev–Trinajstić information content (AvgIpc) is 2.39. The van der Waals surface area contributed by atoms with Crippen molar-refractivity contribution in [2.45, 2.75) is 70.3 Å². The molecule has 0 bridgehead atoms. The molecule has 0 aromatic heterocycles. The molecule has 2 heterocycles. The Kier molecular flexibility index (Phi) is 6.07. The number of piperidine rings is 1. The van der Waals surface area contributed by atoms with Crippen molar-refractivity contribution in [3.05, 3.63) is 0 Å². The maximum atomic E-state index is 5.87. The highest BCUT2D eigenvalue weighted by molar-refractivity contribution is 4.84. The van der Waals surface area contributed by atoms with E-state index in [1.54, 1.807) is 0 Å². The molecule has 2 unspecified atom stereocenters. The predicted octanol–water partition coefficient (Wildman–Crippen LogP) is 1.77. The van der Waals surface area contributed by atoms with E-state index >= 15 is 0 Å². The van der Waals surface area contributed by atoms with Crippen LogP contribution < -0.4 is 5.73 Å². The van der Waals surface area contributed by atoms with Crippen LogP contribution in [0.15, 0.2) is 0 Å². The van der Waals surface area contributed by atoms with E-state index in [0.29, 0.717) is 24.4 Å². The Morgan fingerprint density at radius 1 is 1.16 bits per heavy atom. The Labute approximate surface area is 117 Å². The van der Waals surface area contributed by atoms with Crippen LogP contribution in [0.5, 0.6) is 0 Å². The molecule has 2 aliphatic rings. The molecule has 2 N–H and O–H groups in total. The van der Waals surface area contributed by atoms with Gasteiger partial charge < -0.3 is 15.2 Å². The maximum absolute atomic E-state index is 5.87. The molecule has 0 spiro atoms. The van der Waals surface area contributed by atoms with Gasteiger partial charge >= 0.3 is 0 Å². The molecule has 0 radical (unpaired) electrons. The molecule has 19 heavy (non-hydrogen) atoms. The average molecular weight is 270 g/mol. The lowest BCUT2D eigenvalue weighted by molar-refractivity contribution is -0.0772. The highest BCUT2D eigenvalue weighted by Crippen LogP contribution is 2.26. The molecule has 2 aliphatic heterocycles. The third-order valence-corrected chi connectivity index (χ3v) is 4.37. The van der Waals surface area contributed by atoms with Crippen molar-refractivity contribution in [1.82, 2.24) is 4.90 Å².